The predicted molar refractivity (Wildman–Crippen MR) is 132 cm³/mol. The highest BCUT2D eigenvalue weighted by Gasteiger charge is 2.31. The van der Waals surface area contributed by atoms with Crippen molar-refractivity contribution in [2.24, 2.45) is 0 Å². The lowest BCUT2D eigenvalue weighted by atomic mass is 10.2. The summed E-state index contributed by atoms with van der Waals surface area (Å²) in [4.78, 5) is 4.08. The quantitative estimate of drug-likeness (QED) is 0.286. The number of nitrogens with zero attached hydrogens (tertiary/aromatic N) is 2. The lowest BCUT2D eigenvalue weighted by Gasteiger charge is -2.14. The number of pyridine rings is 1. The fourth-order valence-corrected chi connectivity index (χ4v) is 5.02. The van der Waals surface area contributed by atoms with Crippen LogP contribution >= 0.6 is 12.4 Å². The first-order valence-electron chi connectivity index (χ1n) is 10.4. The van der Waals surface area contributed by atoms with Gasteiger partial charge in [-0.15, -0.1) is 25.6 Å². The molecule has 198 valence electrons. The maximum absolute atomic E-state index is 13.8. The zero-order valence-electron chi connectivity index (χ0n) is 19.3. The molecule has 0 saturated heterocycles. The Morgan fingerprint density at radius 3 is 2.51 bits per heavy atom. The van der Waals surface area contributed by atoms with Gasteiger partial charge in [0.05, 0.1) is 23.2 Å². The number of benzene rings is 2. The molecule has 0 saturated carbocycles. The second-order valence-corrected chi connectivity index (χ2v) is 9.38. The van der Waals surface area contributed by atoms with Crippen LogP contribution in [0.2, 0.25) is 0 Å². The molecule has 8 nitrogen and oxygen atoms in total. The molecule has 0 radical (unpaired) electrons. The van der Waals surface area contributed by atoms with Crippen molar-refractivity contribution < 1.29 is 35.5 Å². The molecule has 4 aromatic rings. The number of hydrogen-bond acceptors (Lipinski definition) is 7. The van der Waals surface area contributed by atoms with E-state index in [0.29, 0.717) is 17.5 Å². The van der Waals surface area contributed by atoms with Crippen molar-refractivity contribution in [2.45, 2.75) is 17.8 Å². The second-order valence-electron chi connectivity index (χ2n) is 7.56. The van der Waals surface area contributed by atoms with Crippen LogP contribution in [0.25, 0.3) is 10.9 Å². The van der Waals surface area contributed by atoms with Crippen LogP contribution in [-0.4, -0.2) is 37.9 Å². The first kappa shape index (κ1) is 28.0. The molecule has 0 aliphatic heterocycles. The Kier molecular flexibility index (Phi) is 8.20. The number of nitrogens with one attached hydrogen (secondary N) is 2. The number of methoxy groups -OCH3 is 1. The highest BCUT2D eigenvalue weighted by molar-refractivity contribution is 7.90. The first-order chi connectivity index (χ1) is 17.0. The minimum Gasteiger partial charge on any atom is -0.494 e. The van der Waals surface area contributed by atoms with Crippen molar-refractivity contribution in [3.8, 4) is 11.5 Å². The van der Waals surface area contributed by atoms with Crippen molar-refractivity contribution in [1.29, 1.82) is 0 Å². The van der Waals surface area contributed by atoms with Crippen LogP contribution in [0.5, 0.6) is 11.5 Å². The number of halogens is 5. The molecule has 37 heavy (non-hydrogen) atoms. The molecule has 0 amide bonds. The number of hydrogen-bond donors (Lipinski definition) is 2. The molecule has 0 bridgehead atoms. The summed E-state index contributed by atoms with van der Waals surface area (Å²) in [6.45, 7) is 0.338. The molecule has 0 aliphatic carbocycles. The zero-order valence-corrected chi connectivity index (χ0v) is 21.0. The third-order valence-electron chi connectivity index (χ3n) is 5.13. The Balaban J connectivity index is 0.00000380. The molecular formula is C23H21ClF4N4O4S. The number of fused-ring (bicyclic) bond motifs is 1. The van der Waals surface area contributed by atoms with E-state index in [1.165, 1.54) is 43.8 Å². The molecule has 4 rings (SSSR count). The largest absolute Gasteiger partial charge is 0.573 e. The number of alkyl halides is 3. The molecular weight excluding hydrogens is 540 g/mol. The lowest BCUT2D eigenvalue weighted by Crippen LogP contribution is -2.17. The van der Waals surface area contributed by atoms with Gasteiger partial charge in [0.15, 0.2) is 0 Å². The number of ether oxygens (including phenoxy) is 2. The molecule has 2 heterocycles. The summed E-state index contributed by atoms with van der Waals surface area (Å²) < 4.78 is 88.2. The van der Waals surface area contributed by atoms with Gasteiger partial charge in [-0.25, -0.2) is 21.8 Å². The fraction of sp³-hybridized carbons (Fsp3) is 0.174. The van der Waals surface area contributed by atoms with Crippen molar-refractivity contribution in [1.82, 2.24) is 14.3 Å². The average Bonchev–Trinajstić information content (AvgIpc) is 3.18. The maximum atomic E-state index is 13.8. The van der Waals surface area contributed by atoms with Gasteiger partial charge in [-0.3, -0.25) is 0 Å². The zero-order chi connectivity index (χ0) is 26.1. The van der Waals surface area contributed by atoms with Crippen LogP contribution in [-0.2, 0) is 16.6 Å². The highest BCUT2D eigenvalue weighted by Crippen LogP contribution is 2.35. The molecule has 0 spiro atoms. The Labute approximate surface area is 215 Å². The van der Waals surface area contributed by atoms with E-state index in [1.807, 2.05) is 0 Å². The van der Waals surface area contributed by atoms with Crippen LogP contribution in [0.1, 0.15) is 5.56 Å². The van der Waals surface area contributed by atoms with Gasteiger partial charge in [0.25, 0.3) is 10.0 Å². The van der Waals surface area contributed by atoms with Gasteiger partial charge in [-0.2, -0.15) is 0 Å². The van der Waals surface area contributed by atoms with Crippen LogP contribution < -0.4 is 20.1 Å². The summed E-state index contributed by atoms with van der Waals surface area (Å²) in [5.74, 6) is -0.940. The van der Waals surface area contributed by atoms with Crippen molar-refractivity contribution in [3.05, 3.63) is 72.3 Å². The van der Waals surface area contributed by atoms with Crippen LogP contribution in [0.3, 0.4) is 0 Å². The Morgan fingerprint density at radius 2 is 1.86 bits per heavy atom. The van der Waals surface area contributed by atoms with Crippen molar-refractivity contribution in [3.63, 3.8) is 0 Å². The molecule has 0 aliphatic rings. The van der Waals surface area contributed by atoms with E-state index in [2.05, 4.69) is 20.4 Å². The summed E-state index contributed by atoms with van der Waals surface area (Å²) >= 11 is 0. The van der Waals surface area contributed by atoms with E-state index in [1.54, 1.807) is 7.05 Å². The van der Waals surface area contributed by atoms with Crippen molar-refractivity contribution >= 4 is 44.8 Å². The summed E-state index contributed by atoms with van der Waals surface area (Å²) in [7, 11) is -1.19. The molecule has 2 aromatic carbocycles. The van der Waals surface area contributed by atoms with Crippen LogP contribution in [0, 0.1) is 5.82 Å². The molecule has 0 unspecified atom stereocenters. The third kappa shape index (κ3) is 6.06. The molecule has 2 N–H and O–H groups in total. The topological polar surface area (TPSA) is 94.5 Å². The lowest BCUT2D eigenvalue weighted by molar-refractivity contribution is -0.274. The van der Waals surface area contributed by atoms with E-state index in [-0.39, 0.29) is 40.1 Å². The number of anilines is 2. The van der Waals surface area contributed by atoms with E-state index in [4.69, 9.17) is 4.74 Å². The van der Waals surface area contributed by atoms with E-state index >= 15 is 0 Å². The summed E-state index contributed by atoms with van der Waals surface area (Å²) in [6.07, 6.45) is -1.97. The van der Waals surface area contributed by atoms with E-state index in [0.717, 1.165) is 28.2 Å². The van der Waals surface area contributed by atoms with Gasteiger partial charge in [0.2, 0.25) is 0 Å². The Hall–Kier alpha value is -3.55. The molecule has 0 atom stereocenters. The molecule has 0 fully saturated rings. The first-order valence-corrected chi connectivity index (χ1v) is 11.8. The van der Waals surface area contributed by atoms with Crippen LogP contribution in [0.15, 0.2) is 65.8 Å². The second kappa shape index (κ2) is 10.8. The van der Waals surface area contributed by atoms with Crippen molar-refractivity contribution in [2.75, 3.05) is 19.5 Å². The SMILES string of the molecule is CNCc1cn(S(=O)(=O)c2cccc(F)c2)c2cc(Nc3ccc(OC(F)(F)F)cc3OC)ncc12.Cl. The summed E-state index contributed by atoms with van der Waals surface area (Å²) in [6, 6.07) is 9.58. The molecule has 2 aromatic heterocycles. The predicted octanol–water partition coefficient (Wildman–Crippen LogP) is 5.20. The maximum Gasteiger partial charge on any atom is 0.573 e. The van der Waals surface area contributed by atoms with Gasteiger partial charge in [-0.05, 0) is 42.9 Å². The fourth-order valence-electron chi connectivity index (χ4n) is 3.60. The number of rotatable bonds is 8. The monoisotopic (exact) mass is 560 g/mol. The normalized spacial score (nSPS) is 11.7. The van der Waals surface area contributed by atoms with Crippen LogP contribution in [0.4, 0.5) is 29.1 Å². The smallest absolute Gasteiger partial charge is 0.494 e. The third-order valence-corrected chi connectivity index (χ3v) is 6.80. The van der Waals surface area contributed by atoms with Gasteiger partial charge in [0, 0.05) is 36.5 Å². The van der Waals surface area contributed by atoms with Gasteiger partial charge in [0.1, 0.15) is 23.1 Å². The Morgan fingerprint density at radius 1 is 1.11 bits per heavy atom. The van der Waals surface area contributed by atoms with Gasteiger partial charge < -0.3 is 20.1 Å². The minimum atomic E-state index is -4.86. The van der Waals surface area contributed by atoms with E-state index < -0.39 is 28.0 Å². The summed E-state index contributed by atoms with van der Waals surface area (Å²) in [5, 5.41) is 6.42. The van der Waals surface area contributed by atoms with E-state index in [9.17, 15) is 26.0 Å². The number of aromatic nitrogens is 2. The minimum absolute atomic E-state index is 0. The van der Waals surface area contributed by atoms with Gasteiger partial charge >= 0.3 is 6.36 Å². The summed E-state index contributed by atoms with van der Waals surface area (Å²) in [5.41, 5.74) is 1.16. The van der Waals surface area contributed by atoms with Gasteiger partial charge in [-0.1, -0.05) is 6.07 Å². The average molecular weight is 561 g/mol. The Bertz CT molecular complexity index is 1530. The highest BCUT2D eigenvalue weighted by atomic mass is 35.5. The standard InChI is InChI=1S/C23H20F4N4O4S.ClH/c1-28-11-14-13-31(36(32,33)17-5-3-4-15(24)8-17)20-10-22(29-12-18(14)20)30-19-7-6-16(9-21(19)34-2)35-23(25,26)27;/h3-10,12-13,28H,11H2,1-2H3,(H,29,30);1H. The molecule has 14 heteroatoms.